The van der Waals surface area contributed by atoms with Crippen molar-refractivity contribution < 1.29 is 4.79 Å². The largest absolute Gasteiger partial charge is 0.363 e. The summed E-state index contributed by atoms with van der Waals surface area (Å²) < 4.78 is 0. The Morgan fingerprint density at radius 2 is 2.18 bits per heavy atom. The molecule has 5 heteroatoms. The summed E-state index contributed by atoms with van der Waals surface area (Å²) in [7, 11) is 3.85. The quantitative estimate of drug-likeness (QED) is 0.906. The number of thiophene rings is 1. The van der Waals surface area contributed by atoms with Gasteiger partial charge in [0.25, 0.3) is 5.91 Å². The number of pyridine rings is 1. The zero-order valence-electron chi connectivity index (χ0n) is 9.68. The molecule has 0 unspecified atom stereocenters. The molecule has 4 nitrogen and oxygen atoms in total. The van der Waals surface area contributed by atoms with Crippen LogP contribution in [0.2, 0.25) is 0 Å². The molecule has 1 amide bonds. The van der Waals surface area contributed by atoms with E-state index in [0.29, 0.717) is 11.3 Å². The minimum atomic E-state index is -0.106. The average Bonchev–Trinajstić information content (AvgIpc) is 2.83. The summed E-state index contributed by atoms with van der Waals surface area (Å²) in [6.45, 7) is 0. The Hall–Kier alpha value is -1.88. The molecule has 0 aliphatic carbocycles. The highest BCUT2D eigenvalue weighted by atomic mass is 32.1. The third kappa shape index (κ3) is 2.82. The first kappa shape index (κ1) is 11.6. The summed E-state index contributed by atoms with van der Waals surface area (Å²) in [6, 6.07) is 5.50. The number of hydrogen-bond acceptors (Lipinski definition) is 4. The van der Waals surface area contributed by atoms with E-state index in [0.717, 1.165) is 5.82 Å². The topological polar surface area (TPSA) is 45.2 Å². The average molecular weight is 247 g/mol. The molecular weight excluding hydrogens is 234 g/mol. The Bertz CT molecular complexity index is 491. The number of hydrogen-bond donors (Lipinski definition) is 1. The first-order chi connectivity index (χ1) is 8.16. The summed E-state index contributed by atoms with van der Waals surface area (Å²) in [5, 5.41) is 6.49. The summed E-state index contributed by atoms with van der Waals surface area (Å²) in [5.41, 5.74) is 1.37. The molecule has 0 saturated carbocycles. The molecule has 0 radical (unpaired) electrons. The zero-order chi connectivity index (χ0) is 12.3. The molecule has 2 aromatic rings. The standard InChI is InChI=1S/C12H13N3OS/c1-15(2)11-4-3-10(7-13-11)14-12(16)9-5-6-17-8-9/h3-8H,1-2H3,(H,14,16). The van der Waals surface area contributed by atoms with Crippen molar-refractivity contribution in [2.24, 2.45) is 0 Å². The van der Waals surface area contributed by atoms with Crippen LogP contribution < -0.4 is 10.2 Å². The monoisotopic (exact) mass is 247 g/mol. The van der Waals surface area contributed by atoms with Gasteiger partial charge in [0.05, 0.1) is 17.4 Å². The summed E-state index contributed by atoms with van der Waals surface area (Å²) >= 11 is 1.50. The number of carbonyl (C=O) groups is 1. The van der Waals surface area contributed by atoms with Crippen molar-refractivity contribution in [3.8, 4) is 0 Å². The predicted molar refractivity (Wildman–Crippen MR) is 70.8 cm³/mol. The van der Waals surface area contributed by atoms with Crippen LogP contribution >= 0.6 is 11.3 Å². The van der Waals surface area contributed by atoms with Gasteiger partial charge in [0.1, 0.15) is 5.82 Å². The molecule has 0 bridgehead atoms. The maximum atomic E-state index is 11.8. The number of amides is 1. The van der Waals surface area contributed by atoms with Crippen molar-refractivity contribution >= 4 is 28.7 Å². The van der Waals surface area contributed by atoms with Crippen LogP contribution in [0.25, 0.3) is 0 Å². The first-order valence-corrected chi connectivity index (χ1v) is 6.08. The van der Waals surface area contributed by atoms with Crippen LogP contribution in [0.3, 0.4) is 0 Å². The lowest BCUT2D eigenvalue weighted by molar-refractivity contribution is 0.102. The van der Waals surface area contributed by atoms with E-state index in [4.69, 9.17) is 0 Å². The molecular formula is C12H13N3OS. The van der Waals surface area contributed by atoms with Gasteiger partial charge < -0.3 is 10.2 Å². The third-order valence-electron chi connectivity index (χ3n) is 2.25. The van der Waals surface area contributed by atoms with Crippen molar-refractivity contribution in [1.82, 2.24) is 4.98 Å². The van der Waals surface area contributed by atoms with Gasteiger partial charge in [-0.1, -0.05) is 0 Å². The van der Waals surface area contributed by atoms with E-state index >= 15 is 0 Å². The number of nitrogens with zero attached hydrogens (tertiary/aromatic N) is 2. The van der Waals surface area contributed by atoms with E-state index < -0.39 is 0 Å². The summed E-state index contributed by atoms with van der Waals surface area (Å²) in [6.07, 6.45) is 1.65. The lowest BCUT2D eigenvalue weighted by atomic mass is 10.3. The Morgan fingerprint density at radius 3 is 2.71 bits per heavy atom. The molecule has 17 heavy (non-hydrogen) atoms. The maximum absolute atomic E-state index is 11.8. The second kappa shape index (κ2) is 4.97. The Balaban J connectivity index is 2.07. The van der Waals surface area contributed by atoms with Crippen LogP contribution in [-0.2, 0) is 0 Å². The van der Waals surface area contributed by atoms with Crippen molar-refractivity contribution in [3.63, 3.8) is 0 Å². The Labute approximate surface area is 104 Å². The number of nitrogens with one attached hydrogen (secondary N) is 1. The number of aromatic nitrogens is 1. The fraction of sp³-hybridized carbons (Fsp3) is 0.167. The molecule has 0 spiro atoms. The van der Waals surface area contributed by atoms with Crippen LogP contribution in [0.5, 0.6) is 0 Å². The van der Waals surface area contributed by atoms with Crippen LogP contribution in [0.4, 0.5) is 11.5 Å². The molecule has 2 aromatic heterocycles. The molecule has 0 aromatic carbocycles. The lowest BCUT2D eigenvalue weighted by Crippen LogP contribution is -2.13. The summed E-state index contributed by atoms with van der Waals surface area (Å²) in [4.78, 5) is 17.9. The highest BCUT2D eigenvalue weighted by Crippen LogP contribution is 2.13. The Morgan fingerprint density at radius 1 is 1.35 bits per heavy atom. The fourth-order valence-corrected chi connectivity index (χ4v) is 1.96. The molecule has 0 aliphatic heterocycles. The second-order valence-corrected chi connectivity index (χ2v) is 4.55. The van der Waals surface area contributed by atoms with E-state index in [1.165, 1.54) is 11.3 Å². The predicted octanol–water partition coefficient (Wildman–Crippen LogP) is 2.46. The van der Waals surface area contributed by atoms with Gasteiger partial charge in [-0.15, -0.1) is 0 Å². The molecule has 0 fully saturated rings. The van der Waals surface area contributed by atoms with E-state index in [9.17, 15) is 4.79 Å². The van der Waals surface area contributed by atoms with Crippen molar-refractivity contribution in [3.05, 3.63) is 40.7 Å². The van der Waals surface area contributed by atoms with Gasteiger partial charge in [-0.2, -0.15) is 11.3 Å². The van der Waals surface area contributed by atoms with Gasteiger partial charge in [0, 0.05) is 19.5 Å². The highest BCUT2D eigenvalue weighted by molar-refractivity contribution is 7.08. The molecule has 2 heterocycles. The van der Waals surface area contributed by atoms with Gasteiger partial charge in [-0.25, -0.2) is 4.98 Å². The summed E-state index contributed by atoms with van der Waals surface area (Å²) in [5.74, 6) is 0.754. The van der Waals surface area contributed by atoms with Crippen LogP contribution in [0, 0.1) is 0 Å². The van der Waals surface area contributed by atoms with Crippen molar-refractivity contribution in [2.75, 3.05) is 24.3 Å². The zero-order valence-corrected chi connectivity index (χ0v) is 10.5. The Kier molecular flexibility index (Phi) is 3.39. The van der Waals surface area contributed by atoms with Gasteiger partial charge in [0.2, 0.25) is 0 Å². The van der Waals surface area contributed by atoms with Crippen molar-refractivity contribution in [1.29, 1.82) is 0 Å². The van der Waals surface area contributed by atoms with Crippen LogP contribution in [-0.4, -0.2) is 25.0 Å². The number of carbonyl (C=O) groups excluding carboxylic acids is 1. The smallest absolute Gasteiger partial charge is 0.256 e. The minimum Gasteiger partial charge on any atom is -0.363 e. The number of rotatable bonds is 3. The molecule has 0 atom stereocenters. The second-order valence-electron chi connectivity index (χ2n) is 3.77. The molecule has 0 aliphatic rings. The van der Waals surface area contributed by atoms with E-state index in [1.807, 2.05) is 41.9 Å². The first-order valence-electron chi connectivity index (χ1n) is 5.14. The SMILES string of the molecule is CN(C)c1ccc(NC(=O)c2ccsc2)cn1. The maximum Gasteiger partial charge on any atom is 0.256 e. The highest BCUT2D eigenvalue weighted by Gasteiger charge is 2.06. The fourth-order valence-electron chi connectivity index (χ4n) is 1.32. The van der Waals surface area contributed by atoms with Gasteiger partial charge in [-0.3, -0.25) is 4.79 Å². The van der Waals surface area contributed by atoms with Gasteiger partial charge >= 0.3 is 0 Å². The van der Waals surface area contributed by atoms with Crippen LogP contribution in [0.15, 0.2) is 35.2 Å². The van der Waals surface area contributed by atoms with Crippen LogP contribution in [0.1, 0.15) is 10.4 Å². The van der Waals surface area contributed by atoms with Gasteiger partial charge in [0.15, 0.2) is 0 Å². The number of anilines is 2. The van der Waals surface area contributed by atoms with E-state index in [1.54, 1.807) is 12.3 Å². The van der Waals surface area contributed by atoms with Crippen molar-refractivity contribution in [2.45, 2.75) is 0 Å². The molecule has 1 N–H and O–H groups in total. The molecule has 2 rings (SSSR count). The van der Waals surface area contributed by atoms with Gasteiger partial charge in [-0.05, 0) is 23.6 Å². The molecule has 88 valence electrons. The van der Waals surface area contributed by atoms with E-state index in [-0.39, 0.29) is 5.91 Å². The third-order valence-corrected chi connectivity index (χ3v) is 2.93. The lowest BCUT2D eigenvalue weighted by Gasteiger charge is -2.11. The van der Waals surface area contributed by atoms with E-state index in [2.05, 4.69) is 10.3 Å². The minimum absolute atomic E-state index is 0.106. The molecule has 0 saturated heterocycles. The normalized spacial score (nSPS) is 10.0.